The van der Waals surface area contributed by atoms with Gasteiger partial charge in [-0.1, -0.05) is 12.2 Å². The predicted octanol–water partition coefficient (Wildman–Crippen LogP) is 0.723. The minimum absolute atomic E-state index is 0.238. The van der Waals surface area contributed by atoms with Gasteiger partial charge in [-0.25, -0.2) is 0 Å². The molecule has 1 atom stereocenters. The normalized spacial score (nSPS) is 13.7. The number of rotatable bonds is 2. The van der Waals surface area contributed by atoms with Gasteiger partial charge in [0.25, 0.3) is 0 Å². The molecule has 1 nitrogen and oxygen atoms in total. The molecule has 0 fully saturated rings. The van der Waals surface area contributed by atoms with E-state index in [0.29, 0.717) is 0 Å². The second-order valence-electron chi connectivity index (χ2n) is 1.38. The molecule has 0 rings (SSSR count). The molecule has 0 spiro atoms. The van der Waals surface area contributed by atoms with E-state index in [1.807, 2.05) is 6.92 Å². The molecule has 0 aliphatic carbocycles. The van der Waals surface area contributed by atoms with Gasteiger partial charge >= 0.3 is 0 Å². The van der Waals surface area contributed by atoms with Crippen molar-refractivity contribution in [3.63, 3.8) is 0 Å². The molecule has 0 saturated heterocycles. The van der Waals surface area contributed by atoms with Gasteiger partial charge in [-0.3, -0.25) is 0 Å². The van der Waals surface area contributed by atoms with Crippen molar-refractivity contribution in [2.45, 2.75) is 19.4 Å². The minimum Gasteiger partial charge on any atom is -0.328 e. The lowest BCUT2D eigenvalue weighted by molar-refractivity contribution is 0.790. The molecular weight excluding hydrogens is 94.1 g/mol. The molecule has 0 radical (unpaired) electrons. The van der Waals surface area contributed by atoms with Crippen molar-refractivity contribution in [1.82, 2.24) is 0 Å². The molecule has 0 aromatic carbocycles. The molecule has 1 unspecified atom stereocenters. The smallest absolute Gasteiger partial charge is 0.00531 e. The summed E-state index contributed by atoms with van der Waals surface area (Å²) in [5.74, 6) is 0. The van der Waals surface area contributed by atoms with E-state index >= 15 is 0 Å². The zero-order chi connectivity index (χ0) is 4.99. The fourth-order valence-electron chi connectivity index (χ4n) is 0.152. The van der Waals surface area contributed by atoms with Crippen LogP contribution in [0.2, 0.25) is 0 Å². The zero-order valence-corrected chi connectivity index (χ0v) is 4.66. The Morgan fingerprint density at radius 1 is 2.00 bits per heavy atom. The molecule has 0 bridgehead atoms. The highest BCUT2D eigenvalue weighted by atomic mass is 32.1. The van der Waals surface area contributed by atoms with Crippen LogP contribution in [0.15, 0.2) is 0 Å². The molecule has 6 heavy (non-hydrogen) atoms. The molecule has 36 valence electrons. The summed E-state index contributed by atoms with van der Waals surface area (Å²) in [6.45, 7) is 1.93. The van der Waals surface area contributed by atoms with E-state index in [1.165, 1.54) is 0 Å². The lowest BCUT2D eigenvalue weighted by Gasteiger charge is -1.92. The minimum atomic E-state index is 0.238. The molecule has 0 saturated carbocycles. The van der Waals surface area contributed by atoms with Gasteiger partial charge in [0, 0.05) is 6.04 Å². The van der Waals surface area contributed by atoms with Crippen LogP contribution < -0.4 is 5.73 Å². The van der Waals surface area contributed by atoms with Gasteiger partial charge in [0.15, 0.2) is 0 Å². The van der Waals surface area contributed by atoms with E-state index in [1.54, 1.807) is 5.37 Å². The van der Waals surface area contributed by atoms with Crippen LogP contribution in [0.1, 0.15) is 13.3 Å². The fraction of sp³-hybridized carbons (Fsp3) is 0.750. The van der Waals surface area contributed by atoms with Crippen molar-refractivity contribution < 1.29 is 0 Å². The summed E-state index contributed by atoms with van der Waals surface area (Å²) in [5.41, 5.74) is 5.30. The summed E-state index contributed by atoms with van der Waals surface area (Å²) in [6.07, 6.45) is 0.843. The van der Waals surface area contributed by atoms with Gasteiger partial charge in [-0.2, -0.15) is 0 Å². The lowest BCUT2D eigenvalue weighted by atomic mass is 10.3. The van der Waals surface area contributed by atoms with Crippen molar-refractivity contribution in [2.24, 2.45) is 5.73 Å². The fourth-order valence-corrected chi connectivity index (χ4v) is 0.455. The van der Waals surface area contributed by atoms with Crippen LogP contribution in [0.25, 0.3) is 0 Å². The Balaban J connectivity index is 2.81. The highest BCUT2D eigenvalue weighted by Crippen LogP contribution is 1.77. The monoisotopic (exact) mass is 103 g/mol. The number of hydrogen-bond donors (Lipinski definition) is 1. The molecule has 2 N–H and O–H groups in total. The Morgan fingerprint density at radius 3 is 2.50 bits per heavy atom. The Kier molecular flexibility index (Phi) is 3.28. The average Bonchev–Trinajstić information content (AvgIpc) is 1.35. The molecular formula is C4H9NS. The van der Waals surface area contributed by atoms with E-state index in [4.69, 9.17) is 5.73 Å². The van der Waals surface area contributed by atoms with Crippen molar-refractivity contribution in [1.29, 1.82) is 0 Å². The Morgan fingerprint density at radius 2 is 2.50 bits per heavy atom. The summed E-state index contributed by atoms with van der Waals surface area (Å²) in [5, 5.41) is 1.66. The van der Waals surface area contributed by atoms with Gasteiger partial charge in [0.1, 0.15) is 0 Å². The Hall–Kier alpha value is 0.0500. The van der Waals surface area contributed by atoms with Crippen molar-refractivity contribution in [2.75, 3.05) is 0 Å². The quantitative estimate of drug-likeness (QED) is 0.521. The van der Waals surface area contributed by atoms with Crippen molar-refractivity contribution in [3.8, 4) is 0 Å². The third-order valence-corrected chi connectivity index (χ3v) is 0.660. The van der Waals surface area contributed by atoms with Crippen LogP contribution >= 0.6 is 12.2 Å². The summed E-state index contributed by atoms with van der Waals surface area (Å²) < 4.78 is 0. The number of nitrogens with two attached hydrogens (primary N) is 1. The first-order valence-corrected chi connectivity index (χ1v) is 2.43. The van der Waals surface area contributed by atoms with Gasteiger partial charge in [0.05, 0.1) is 0 Å². The standard InChI is InChI=1S/C4H9NS/c1-4(5)2-3-6/h3-4H,2,5H2,1H3. The lowest BCUT2D eigenvalue weighted by Crippen LogP contribution is -2.13. The Labute approximate surface area is 43.5 Å². The zero-order valence-electron chi connectivity index (χ0n) is 3.85. The summed E-state index contributed by atoms with van der Waals surface area (Å²) in [7, 11) is 0. The molecule has 2 heteroatoms. The first-order valence-electron chi connectivity index (χ1n) is 1.96. The van der Waals surface area contributed by atoms with Crippen molar-refractivity contribution in [3.05, 3.63) is 0 Å². The van der Waals surface area contributed by atoms with Gasteiger partial charge in [-0.05, 0) is 18.7 Å². The largest absolute Gasteiger partial charge is 0.328 e. The molecule has 0 aliphatic heterocycles. The van der Waals surface area contributed by atoms with Crippen LogP contribution in [0.4, 0.5) is 0 Å². The molecule has 0 heterocycles. The van der Waals surface area contributed by atoms with Crippen LogP contribution in [-0.4, -0.2) is 11.4 Å². The predicted molar refractivity (Wildman–Crippen MR) is 31.9 cm³/mol. The number of thiocarbonyl (C=S) groups is 1. The van der Waals surface area contributed by atoms with Crippen molar-refractivity contribution >= 4 is 17.6 Å². The second-order valence-corrected chi connectivity index (χ2v) is 1.71. The summed E-state index contributed by atoms with van der Waals surface area (Å²) >= 11 is 4.52. The van der Waals surface area contributed by atoms with Gasteiger partial charge in [0.2, 0.25) is 0 Å². The topological polar surface area (TPSA) is 26.0 Å². The maximum absolute atomic E-state index is 5.30. The third-order valence-electron chi connectivity index (χ3n) is 0.468. The van der Waals surface area contributed by atoms with Crippen LogP contribution in [-0.2, 0) is 0 Å². The van der Waals surface area contributed by atoms with Crippen LogP contribution in [0.3, 0.4) is 0 Å². The molecule has 0 aliphatic rings. The van der Waals surface area contributed by atoms with E-state index in [0.717, 1.165) is 6.42 Å². The van der Waals surface area contributed by atoms with Gasteiger partial charge in [-0.15, -0.1) is 0 Å². The van der Waals surface area contributed by atoms with E-state index in [2.05, 4.69) is 12.2 Å². The van der Waals surface area contributed by atoms with E-state index < -0.39 is 0 Å². The highest BCUT2D eigenvalue weighted by molar-refractivity contribution is 7.78. The molecule has 0 amide bonds. The third kappa shape index (κ3) is 4.05. The maximum atomic E-state index is 5.30. The molecule has 0 aromatic rings. The highest BCUT2D eigenvalue weighted by Gasteiger charge is 1.83. The van der Waals surface area contributed by atoms with Crippen LogP contribution in [0, 0.1) is 0 Å². The van der Waals surface area contributed by atoms with Crippen LogP contribution in [0.5, 0.6) is 0 Å². The summed E-state index contributed by atoms with van der Waals surface area (Å²) in [6, 6.07) is 0.238. The SMILES string of the molecule is CC(N)CC=S. The van der Waals surface area contributed by atoms with E-state index in [-0.39, 0.29) is 6.04 Å². The van der Waals surface area contributed by atoms with E-state index in [9.17, 15) is 0 Å². The molecule has 0 aromatic heterocycles. The first-order chi connectivity index (χ1) is 2.77. The first kappa shape index (κ1) is 6.05. The average molecular weight is 103 g/mol. The maximum Gasteiger partial charge on any atom is 0.00531 e. The Bertz CT molecular complexity index is 42.8. The summed E-state index contributed by atoms with van der Waals surface area (Å²) in [4.78, 5) is 0. The second kappa shape index (κ2) is 3.25. The van der Waals surface area contributed by atoms with Gasteiger partial charge < -0.3 is 5.73 Å². The number of hydrogen-bond acceptors (Lipinski definition) is 2.